The molecule has 92 valence electrons. The molecule has 0 aliphatic rings. The Morgan fingerprint density at radius 3 is 2.53 bits per heavy atom. The first-order valence-electron chi connectivity index (χ1n) is 6.20. The molecule has 0 bridgehead atoms. The van der Waals surface area contributed by atoms with Gasteiger partial charge in [-0.25, -0.2) is 4.98 Å². The highest BCUT2D eigenvalue weighted by atomic mass is 15.1. The molecule has 0 saturated carbocycles. The van der Waals surface area contributed by atoms with Gasteiger partial charge in [-0.3, -0.25) is 0 Å². The van der Waals surface area contributed by atoms with E-state index in [2.05, 4.69) is 55.8 Å². The maximum Gasteiger partial charge on any atom is 0.127 e. The van der Waals surface area contributed by atoms with Gasteiger partial charge in [0.05, 0.1) is 17.1 Å². The van der Waals surface area contributed by atoms with Gasteiger partial charge in [-0.2, -0.15) is 0 Å². The Hall–Kier alpha value is -1.35. The number of hydrogen-bond donors (Lipinski definition) is 1. The van der Waals surface area contributed by atoms with Crippen molar-refractivity contribution in [1.82, 2.24) is 14.9 Å². The van der Waals surface area contributed by atoms with Crippen LogP contribution in [0.15, 0.2) is 18.2 Å². The van der Waals surface area contributed by atoms with Crippen molar-refractivity contribution in [2.75, 3.05) is 7.05 Å². The number of benzene rings is 1. The van der Waals surface area contributed by atoms with Crippen LogP contribution in [0.4, 0.5) is 0 Å². The average molecular weight is 231 g/mol. The lowest BCUT2D eigenvalue weighted by atomic mass is 10.2. The van der Waals surface area contributed by atoms with Gasteiger partial charge in [-0.15, -0.1) is 0 Å². The average Bonchev–Trinajstić information content (AvgIpc) is 2.66. The number of rotatable bonds is 3. The van der Waals surface area contributed by atoms with Gasteiger partial charge in [0.25, 0.3) is 0 Å². The molecule has 0 saturated heterocycles. The zero-order valence-electron chi connectivity index (χ0n) is 11.3. The van der Waals surface area contributed by atoms with Gasteiger partial charge in [-0.05, 0) is 52.4 Å². The molecule has 1 aromatic heterocycles. The van der Waals surface area contributed by atoms with Crippen molar-refractivity contribution >= 4 is 11.0 Å². The molecule has 0 aliphatic carbocycles. The van der Waals surface area contributed by atoms with Crippen molar-refractivity contribution in [3.8, 4) is 0 Å². The molecule has 2 aromatic rings. The summed E-state index contributed by atoms with van der Waals surface area (Å²) in [4.78, 5) is 4.77. The van der Waals surface area contributed by atoms with Crippen molar-refractivity contribution in [1.29, 1.82) is 0 Å². The molecular formula is C14H21N3. The molecule has 1 heterocycles. The van der Waals surface area contributed by atoms with Crippen molar-refractivity contribution in [3.05, 3.63) is 29.6 Å². The number of nitrogens with one attached hydrogen (secondary N) is 1. The molecule has 1 N–H and O–H groups in total. The fourth-order valence-corrected chi connectivity index (χ4v) is 2.20. The highest BCUT2D eigenvalue weighted by molar-refractivity contribution is 5.77. The van der Waals surface area contributed by atoms with E-state index >= 15 is 0 Å². The van der Waals surface area contributed by atoms with Gasteiger partial charge in [0.1, 0.15) is 5.82 Å². The lowest BCUT2D eigenvalue weighted by molar-refractivity contribution is 0.520. The maximum atomic E-state index is 4.77. The Bertz CT molecular complexity index is 525. The topological polar surface area (TPSA) is 29.9 Å². The molecular weight excluding hydrogens is 210 g/mol. The van der Waals surface area contributed by atoms with Crippen LogP contribution in [-0.2, 0) is 0 Å². The first kappa shape index (κ1) is 12.1. The smallest absolute Gasteiger partial charge is 0.127 e. The highest BCUT2D eigenvalue weighted by Gasteiger charge is 2.17. The zero-order chi connectivity index (χ0) is 12.6. The van der Waals surface area contributed by atoms with Crippen LogP contribution in [0.3, 0.4) is 0 Å². The molecule has 3 nitrogen and oxygen atoms in total. The van der Waals surface area contributed by atoms with Crippen LogP contribution in [-0.4, -0.2) is 16.6 Å². The molecule has 1 aromatic carbocycles. The van der Waals surface area contributed by atoms with Crippen LogP contribution in [0.25, 0.3) is 11.0 Å². The lowest BCUT2D eigenvalue weighted by Gasteiger charge is -2.17. The van der Waals surface area contributed by atoms with Crippen LogP contribution < -0.4 is 5.32 Å². The van der Waals surface area contributed by atoms with Gasteiger partial charge in [0, 0.05) is 6.04 Å². The third-order valence-corrected chi connectivity index (χ3v) is 3.21. The number of aromatic nitrogens is 2. The molecule has 1 unspecified atom stereocenters. The van der Waals surface area contributed by atoms with Crippen LogP contribution in [0.2, 0.25) is 0 Å². The van der Waals surface area contributed by atoms with Gasteiger partial charge in [0.2, 0.25) is 0 Å². The molecule has 2 rings (SSSR count). The van der Waals surface area contributed by atoms with E-state index in [9.17, 15) is 0 Å². The van der Waals surface area contributed by atoms with E-state index in [0.717, 1.165) is 11.3 Å². The molecule has 3 heteroatoms. The second kappa shape index (κ2) is 4.49. The van der Waals surface area contributed by atoms with E-state index in [1.807, 2.05) is 7.05 Å². The number of nitrogens with zero attached hydrogens (tertiary/aromatic N) is 2. The van der Waals surface area contributed by atoms with Crippen LogP contribution in [0, 0.1) is 6.92 Å². The minimum atomic E-state index is 0.269. The van der Waals surface area contributed by atoms with Gasteiger partial charge in [0.15, 0.2) is 0 Å². The highest BCUT2D eigenvalue weighted by Crippen LogP contribution is 2.25. The summed E-state index contributed by atoms with van der Waals surface area (Å²) in [7, 11) is 1.97. The second-order valence-corrected chi connectivity index (χ2v) is 4.94. The summed E-state index contributed by atoms with van der Waals surface area (Å²) in [5.74, 6) is 1.11. The number of imidazole rings is 1. The van der Waals surface area contributed by atoms with Crippen molar-refractivity contribution < 1.29 is 0 Å². The Morgan fingerprint density at radius 2 is 1.94 bits per heavy atom. The van der Waals surface area contributed by atoms with E-state index in [1.165, 1.54) is 11.1 Å². The van der Waals surface area contributed by atoms with Crippen LogP contribution in [0.1, 0.15) is 44.2 Å². The summed E-state index contributed by atoms with van der Waals surface area (Å²) in [6.45, 7) is 8.65. The fraction of sp³-hybridized carbons (Fsp3) is 0.500. The standard InChI is InChI=1S/C14H21N3/c1-9(2)17-13-7-6-10(3)8-12(13)16-14(17)11(4)15-5/h6-9,11,15H,1-5H3. The monoisotopic (exact) mass is 231 g/mol. The minimum absolute atomic E-state index is 0.269. The molecule has 1 atom stereocenters. The van der Waals surface area contributed by atoms with Gasteiger partial charge >= 0.3 is 0 Å². The normalized spacial score (nSPS) is 13.5. The molecule has 0 amide bonds. The Morgan fingerprint density at radius 1 is 1.24 bits per heavy atom. The first-order valence-corrected chi connectivity index (χ1v) is 6.20. The third-order valence-electron chi connectivity index (χ3n) is 3.21. The van der Waals surface area contributed by atoms with E-state index < -0.39 is 0 Å². The largest absolute Gasteiger partial charge is 0.324 e. The Balaban J connectivity index is 2.70. The maximum absolute atomic E-state index is 4.77. The number of hydrogen-bond acceptors (Lipinski definition) is 2. The molecule has 17 heavy (non-hydrogen) atoms. The SMILES string of the molecule is CNC(C)c1nc2cc(C)ccc2n1C(C)C. The van der Waals surface area contributed by atoms with Crippen LogP contribution >= 0.6 is 0 Å². The summed E-state index contributed by atoms with van der Waals surface area (Å²) in [5.41, 5.74) is 3.58. The van der Waals surface area contributed by atoms with E-state index in [1.54, 1.807) is 0 Å². The van der Waals surface area contributed by atoms with Crippen LogP contribution in [0.5, 0.6) is 0 Å². The Labute approximate surface area is 103 Å². The third kappa shape index (κ3) is 2.07. The first-order chi connectivity index (χ1) is 8.04. The lowest BCUT2D eigenvalue weighted by Crippen LogP contribution is -2.18. The van der Waals surface area contributed by atoms with E-state index in [-0.39, 0.29) is 6.04 Å². The second-order valence-electron chi connectivity index (χ2n) is 4.94. The molecule has 0 fully saturated rings. The van der Waals surface area contributed by atoms with Crippen molar-refractivity contribution in [3.63, 3.8) is 0 Å². The molecule has 0 spiro atoms. The zero-order valence-corrected chi connectivity index (χ0v) is 11.3. The Kier molecular flexibility index (Phi) is 3.20. The van der Waals surface area contributed by atoms with Gasteiger partial charge < -0.3 is 9.88 Å². The van der Waals surface area contributed by atoms with E-state index in [4.69, 9.17) is 4.98 Å². The number of aryl methyl sites for hydroxylation is 1. The quantitative estimate of drug-likeness (QED) is 0.879. The summed E-state index contributed by atoms with van der Waals surface area (Å²) >= 11 is 0. The van der Waals surface area contributed by atoms with Crippen molar-refractivity contribution in [2.24, 2.45) is 0 Å². The van der Waals surface area contributed by atoms with Crippen molar-refractivity contribution in [2.45, 2.75) is 39.8 Å². The summed E-state index contributed by atoms with van der Waals surface area (Å²) in [6.07, 6.45) is 0. The summed E-state index contributed by atoms with van der Waals surface area (Å²) < 4.78 is 2.32. The minimum Gasteiger partial charge on any atom is -0.324 e. The predicted octanol–water partition coefficient (Wildman–Crippen LogP) is 3.21. The summed E-state index contributed by atoms with van der Waals surface area (Å²) in [5, 5.41) is 3.27. The fourth-order valence-electron chi connectivity index (χ4n) is 2.20. The molecule has 0 aliphatic heterocycles. The number of fused-ring (bicyclic) bond motifs is 1. The van der Waals surface area contributed by atoms with E-state index in [0.29, 0.717) is 6.04 Å². The molecule has 0 radical (unpaired) electrons. The summed E-state index contributed by atoms with van der Waals surface area (Å²) in [6, 6.07) is 7.17. The predicted molar refractivity (Wildman–Crippen MR) is 72.3 cm³/mol. The van der Waals surface area contributed by atoms with Gasteiger partial charge in [-0.1, -0.05) is 6.07 Å².